The summed E-state index contributed by atoms with van der Waals surface area (Å²) >= 11 is 0. The van der Waals surface area contributed by atoms with Crippen molar-refractivity contribution < 1.29 is 18.4 Å². The first kappa shape index (κ1) is 17.3. The molecule has 1 aromatic carbocycles. The minimum Gasteiger partial charge on any atom is -0.493 e. The zero-order valence-corrected chi connectivity index (χ0v) is 14.5. The first-order valence-corrected chi connectivity index (χ1v) is 7.96. The smallest absolute Gasteiger partial charge is 0.493 e. The maximum Gasteiger partial charge on any atom is 0.497 e. The number of rotatable bonds is 5. The van der Waals surface area contributed by atoms with Gasteiger partial charge >= 0.3 is 7.12 Å². The average molecular weight is 308 g/mol. The van der Waals surface area contributed by atoms with Gasteiger partial charge in [-0.1, -0.05) is 19.4 Å². The molecule has 1 aliphatic rings. The minimum atomic E-state index is -0.687. The number of ether oxygens (including phenoxy) is 1. The van der Waals surface area contributed by atoms with Gasteiger partial charge in [0.15, 0.2) is 0 Å². The number of benzene rings is 1. The van der Waals surface area contributed by atoms with Crippen molar-refractivity contribution in [1.82, 2.24) is 0 Å². The molecular weight excluding hydrogens is 282 g/mol. The second-order valence-electron chi connectivity index (χ2n) is 6.93. The van der Waals surface area contributed by atoms with Gasteiger partial charge in [0.2, 0.25) is 0 Å². The van der Waals surface area contributed by atoms with E-state index in [1.54, 1.807) is 6.07 Å². The van der Waals surface area contributed by atoms with Crippen LogP contribution >= 0.6 is 0 Å². The highest BCUT2D eigenvalue weighted by atomic mass is 19.1. The zero-order valence-electron chi connectivity index (χ0n) is 14.5. The van der Waals surface area contributed by atoms with E-state index in [1.807, 2.05) is 34.6 Å². The van der Waals surface area contributed by atoms with Gasteiger partial charge in [0.05, 0.1) is 17.8 Å². The zero-order chi connectivity index (χ0) is 16.5. The SMILES string of the molecule is CCCCOc1cc(F)c(B2OC(C)(C)C(C)(C)O2)cc1C. The van der Waals surface area contributed by atoms with E-state index in [0.717, 1.165) is 18.4 Å². The van der Waals surface area contributed by atoms with Gasteiger partial charge in [0, 0.05) is 11.5 Å². The van der Waals surface area contributed by atoms with Crippen LogP contribution in [0.1, 0.15) is 53.0 Å². The fourth-order valence-corrected chi connectivity index (χ4v) is 2.32. The van der Waals surface area contributed by atoms with Crippen molar-refractivity contribution in [1.29, 1.82) is 0 Å². The molecule has 0 spiro atoms. The molecule has 0 saturated carbocycles. The fraction of sp³-hybridized carbons (Fsp3) is 0.647. The van der Waals surface area contributed by atoms with Crippen molar-refractivity contribution in [2.45, 2.75) is 65.6 Å². The van der Waals surface area contributed by atoms with E-state index in [4.69, 9.17) is 14.0 Å². The van der Waals surface area contributed by atoms with Gasteiger partial charge in [-0.3, -0.25) is 0 Å². The van der Waals surface area contributed by atoms with Crippen LogP contribution < -0.4 is 10.2 Å². The molecule has 2 rings (SSSR count). The van der Waals surface area contributed by atoms with E-state index in [1.165, 1.54) is 6.07 Å². The molecule has 1 fully saturated rings. The van der Waals surface area contributed by atoms with E-state index < -0.39 is 18.3 Å². The van der Waals surface area contributed by atoms with Crippen molar-refractivity contribution in [3.05, 3.63) is 23.5 Å². The molecule has 1 aromatic rings. The van der Waals surface area contributed by atoms with E-state index in [0.29, 0.717) is 17.8 Å². The molecule has 0 aliphatic carbocycles. The van der Waals surface area contributed by atoms with Gasteiger partial charge in [0.25, 0.3) is 0 Å². The largest absolute Gasteiger partial charge is 0.497 e. The highest BCUT2D eigenvalue weighted by Crippen LogP contribution is 2.37. The molecular formula is C17H26BFO3. The van der Waals surface area contributed by atoms with Crippen molar-refractivity contribution >= 4 is 12.6 Å². The Morgan fingerprint density at radius 1 is 1.14 bits per heavy atom. The number of aryl methyl sites for hydroxylation is 1. The molecule has 0 amide bonds. The van der Waals surface area contributed by atoms with Crippen LogP contribution in [0.4, 0.5) is 4.39 Å². The third-order valence-electron chi connectivity index (χ3n) is 4.56. The van der Waals surface area contributed by atoms with Gasteiger partial charge < -0.3 is 14.0 Å². The normalized spacial score (nSPS) is 19.5. The summed E-state index contributed by atoms with van der Waals surface area (Å²) in [6, 6.07) is 3.20. The molecule has 0 aromatic heterocycles. The van der Waals surface area contributed by atoms with E-state index in [9.17, 15) is 4.39 Å². The molecule has 0 unspecified atom stereocenters. The van der Waals surface area contributed by atoms with Crippen LogP contribution in [-0.2, 0) is 9.31 Å². The lowest BCUT2D eigenvalue weighted by Gasteiger charge is -2.32. The van der Waals surface area contributed by atoms with Crippen LogP contribution in [-0.4, -0.2) is 24.9 Å². The van der Waals surface area contributed by atoms with Gasteiger partial charge in [-0.2, -0.15) is 0 Å². The van der Waals surface area contributed by atoms with Crippen LogP contribution in [0.15, 0.2) is 12.1 Å². The fourth-order valence-electron chi connectivity index (χ4n) is 2.32. The Kier molecular flexibility index (Phi) is 4.88. The predicted octanol–water partition coefficient (Wildman–Crippen LogP) is 3.61. The molecule has 122 valence electrons. The third kappa shape index (κ3) is 3.30. The van der Waals surface area contributed by atoms with Crippen molar-refractivity contribution in [2.75, 3.05) is 6.61 Å². The molecule has 0 radical (unpaired) electrons. The summed E-state index contributed by atoms with van der Waals surface area (Å²) in [7, 11) is -0.687. The number of halogens is 1. The summed E-state index contributed by atoms with van der Waals surface area (Å²) in [6.07, 6.45) is 2.01. The first-order chi connectivity index (χ1) is 10.2. The average Bonchev–Trinajstić information content (AvgIpc) is 2.62. The van der Waals surface area contributed by atoms with Crippen molar-refractivity contribution in [2.24, 2.45) is 0 Å². The molecule has 0 bridgehead atoms. The lowest BCUT2D eigenvalue weighted by Crippen LogP contribution is -2.41. The summed E-state index contributed by atoms with van der Waals surface area (Å²) in [5.74, 6) is 0.238. The van der Waals surface area contributed by atoms with Gasteiger partial charge in [-0.15, -0.1) is 0 Å². The second-order valence-corrected chi connectivity index (χ2v) is 6.93. The standard InChI is InChI=1S/C17H26BFO3/c1-7-8-9-20-15-11-14(19)13(10-12(15)2)18-21-16(3,4)17(5,6)22-18/h10-11H,7-9H2,1-6H3. The monoisotopic (exact) mass is 308 g/mol. The lowest BCUT2D eigenvalue weighted by molar-refractivity contribution is 0.00578. The predicted molar refractivity (Wildman–Crippen MR) is 87.3 cm³/mol. The van der Waals surface area contributed by atoms with Crippen LogP contribution in [0.25, 0.3) is 0 Å². The third-order valence-corrected chi connectivity index (χ3v) is 4.56. The number of hydrogen-bond acceptors (Lipinski definition) is 3. The molecule has 0 N–H and O–H groups in total. The summed E-state index contributed by atoms with van der Waals surface area (Å²) < 4.78 is 31.9. The van der Waals surface area contributed by atoms with Crippen LogP contribution in [0.2, 0.25) is 0 Å². The molecule has 1 heterocycles. The Hall–Kier alpha value is -1.07. The summed E-state index contributed by atoms with van der Waals surface area (Å²) in [5, 5.41) is 0. The molecule has 1 saturated heterocycles. The molecule has 22 heavy (non-hydrogen) atoms. The topological polar surface area (TPSA) is 27.7 Å². The Bertz CT molecular complexity index is 527. The van der Waals surface area contributed by atoms with Gasteiger partial charge in [0.1, 0.15) is 11.6 Å². The Labute approximate surface area is 133 Å². The quantitative estimate of drug-likeness (QED) is 0.614. The van der Waals surface area contributed by atoms with Gasteiger partial charge in [-0.05, 0) is 46.6 Å². The van der Waals surface area contributed by atoms with E-state index in [-0.39, 0.29) is 5.82 Å². The molecule has 3 nitrogen and oxygen atoms in total. The van der Waals surface area contributed by atoms with E-state index >= 15 is 0 Å². The molecule has 1 aliphatic heterocycles. The van der Waals surface area contributed by atoms with Crippen LogP contribution in [0.5, 0.6) is 5.75 Å². The van der Waals surface area contributed by atoms with Crippen molar-refractivity contribution in [3.63, 3.8) is 0 Å². The Balaban J connectivity index is 2.22. The number of hydrogen-bond donors (Lipinski definition) is 0. The van der Waals surface area contributed by atoms with Crippen molar-refractivity contribution in [3.8, 4) is 5.75 Å². The highest BCUT2D eigenvalue weighted by Gasteiger charge is 2.52. The summed E-state index contributed by atoms with van der Waals surface area (Å²) in [5.41, 5.74) is 0.365. The summed E-state index contributed by atoms with van der Waals surface area (Å²) in [6.45, 7) is 12.4. The van der Waals surface area contributed by atoms with Crippen LogP contribution in [0, 0.1) is 12.7 Å². The molecule has 0 atom stereocenters. The highest BCUT2D eigenvalue weighted by molar-refractivity contribution is 6.62. The minimum absolute atomic E-state index is 0.351. The first-order valence-electron chi connectivity index (χ1n) is 7.96. The lowest BCUT2D eigenvalue weighted by atomic mass is 9.78. The maximum absolute atomic E-state index is 14.5. The van der Waals surface area contributed by atoms with E-state index in [2.05, 4.69) is 6.92 Å². The van der Waals surface area contributed by atoms with Gasteiger partial charge in [-0.25, -0.2) is 4.39 Å². The maximum atomic E-state index is 14.5. The summed E-state index contributed by atoms with van der Waals surface area (Å²) in [4.78, 5) is 0. The Morgan fingerprint density at radius 3 is 2.27 bits per heavy atom. The molecule has 5 heteroatoms. The second kappa shape index (κ2) is 6.21. The number of unbranched alkanes of at least 4 members (excludes halogenated alkanes) is 1. The van der Waals surface area contributed by atoms with Crippen LogP contribution in [0.3, 0.4) is 0 Å². The Morgan fingerprint density at radius 2 is 1.73 bits per heavy atom.